The lowest BCUT2D eigenvalue weighted by Crippen LogP contribution is -2.10. The maximum absolute atomic E-state index is 3.84. The Morgan fingerprint density at radius 3 is 2.33 bits per heavy atom. The third-order valence-corrected chi connectivity index (χ3v) is 1.26. The molecule has 0 aromatic carbocycles. The number of likely N-dealkylation sites (N-methyl/N-ethyl adjacent to an activating group) is 1. The van der Waals surface area contributed by atoms with Crippen molar-refractivity contribution in [2.45, 2.75) is 13.8 Å². The predicted octanol–water partition coefficient (Wildman–Crippen LogP) is 1.73. The van der Waals surface area contributed by atoms with E-state index >= 15 is 0 Å². The highest BCUT2D eigenvalue weighted by atomic mass is 14.8. The molecule has 0 rings (SSSR count). The van der Waals surface area contributed by atoms with Crippen LogP contribution in [0.1, 0.15) is 13.8 Å². The van der Waals surface area contributed by atoms with Crippen LogP contribution in [0.3, 0.4) is 0 Å². The summed E-state index contributed by atoms with van der Waals surface area (Å²) in [5.74, 6) is 0. The molecule has 0 spiro atoms. The van der Waals surface area contributed by atoms with E-state index in [-0.39, 0.29) is 0 Å². The van der Waals surface area contributed by atoms with E-state index in [0.717, 1.165) is 12.1 Å². The van der Waals surface area contributed by atoms with Crippen molar-refractivity contribution in [2.75, 3.05) is 13.6 Å². The van der Waals surface area contributed by atoms with E-state index in [1.165, 1.54) is 5.57 Å². The highest BCUT2D eigenvalue weighted by molar-refractivity contribution is 5.26. The summed E-state index contributed by atoms with van der Waals surface area (Å²) in [7, 11) is 1.94. The van der Waals surface area contributed by atoms with E-state index < -0.39 is 0 Å². The number of nitrogens with one attached hydrogen (secondary N) is 1. The van der Waals surface area contributed by atoms with Crippen LogP contribution in [0, 0.1) is 0 Å². The van der Waals surface area contributed by atoms with Crippen molar-refractivity contribution in [2.24, 2.45) is 0 Å². The lowest BCUT2D eigenvalue weighted by molar-refractivity contribution is 0.884. The molecule has 0 saturated heterocycles. The second kappa shape index (κ2) is 4.33. The van der Waals surface area contributed by atoms with Crippen LogP contribution in [-0.4, -0.2) is 13.6 Å². The number of rotatable bonds is 3. The van der Waals surface area contributed by atoms with Gasteiger partial charge in [0.1, 0.15) is 0 Å². The van der Waals surface area contributed by atoms with E-state index in [9.17, 15) is 0 Å². The van der Waals surface area contributed by atoms with Crippen LogP contribution in [0.25, 0.3) is 0 Å². The molecule has 1 N–H and O–H groups in total. The molecule has 0 aromatic rings. The molecule has 0 bridgehead atoms. The topological polar surface area (TPSA) is 12.0 Å². The molecule has 0 aromatic heterocycles. The first-order valence-electron chi connectivity index (χ1n) is 3.18. The quantitative estimate of drug-likeness (QED) is 0.566. The van der Waals surface area contributed by atoms with Crippen LogP contribution in [0.4, 0.5) is 0 Å². The van der Waals surface area contributed by atoms with Crippen molar-refractivity contribution in [3.8, 4) is 0 Å². The third-order valence-electron chi connectivity index (χ3n) is 1.26. The standard InChI is InChI=1S/C8H15N/c1-5-8(6-9-4)7(2)3/h5,9H,2,6H2,1,3-4H3. The van der Waals surface area contributed by atoms with E-state index in [1.807, 2.05) is 20.9 Å². The van der Waals surface area contributed by atoms with Crippen molar-refractivity contribution in [3.05, 3.63) is 23.8 Å². The van der Waals surface area contributed by atoms with Crippen LogP contribution in [0.2, 0.25) is 0 Å². The molecule has 0 heterocycles. The van der Waals surface area contributed by atoms with Crippen molar-refractivity contribution >= 4 is 0 Å². The maximum Gasteiger partial charge on any atom is 0.0201 e. The van der Waals surface area contributed by atoms with Crippen molar-refractivity contribution < 1.29 is 0 Å². The summed E-state index contributed by atoms with van der Waals surface area (Å²) in [4.78, 5) is 0. The summed E-state index contributed by atoms with van der Waals surface area (Å²) < 4.78 is 0. The first-order valence-corrected chi connectivity index (χ1v) is 3.18. The van der Waals surface area contributed by atoms with Gasteiger partial charge in [0.15, 0.2) is 0 Å². The Bertz CT molecular complexity index is 123. The summed E-state index contributed by atoms with van der Waals surface area (Å²) in [5.41, 5.74) is 2.43. The Hall–Kier alpha value is -0.560. The van der Waals surface area contributed by atoms with Gasteiger partial charge in [-0.25, -0.2) is 0 Å². The Balaban J connectivity index is 3.85. The summed E-state index contributed by atoms with van der Waals surface area (Å²) >= 11 is 0. The molecule has 0 amide bonds. The molecule has 0 aliphatic rings. The first kappa shape index (κ1) is 8.44. The molecule has 1 nitrogen and oxygen atoms in total. The minimum absolute atomic E-state index is 0.922. The van der Waals surface area contributed by atoms with Gasteiger partial charge in [-0.15, -0.1) is 0 Å². The third kappa shape index (κ3) is 3.09. The first-order chi connectivity index (χ1) is 4.22. The highest BCUT2D eigenvalue weighted by Crippen LogP contribution is 2.03. The number of hydrogen-bond donors (Lipinski definition) is 1. The van der Waals surface area contributed by atoms with E-state index in [4.69, 9.17) is 0 Å². The Labute approximate surface area is 57.5 Å². The normalized spacial score (nSPS) is 11.7. The molecule has 52 valence electrons. The summed E-state index contributed by atoms with van der Waals surface area (Å²) in [6, 6.07) is 0. The molecule has 0 radical (unpaired) electrons. The zero-order valence-electron chi connectivity index (χ0n) is 6.49. The second-order valence-corrected chi connectivity index (χ2v) is 2.12. The molecule has 0 aliphatic carbocycles. The zero-order valence-corrected chi connectivity index (χ0v) is 6.49. The molecule has 0 saturated carbocycles. The van der Waals surface area contributed by atoms with Crippen LogP contribution in [-0.2, 0) is 0 Å². The number of hydrogen-bond acceptors (Lipinski definition) is 1. The highest BCUT2D eigenvalue weighted by Gasteiger charge is 1.91. The van der Waals surface area contributed by atoms with E-state index in [2.05, 4.69) is 18.0 Å². The fourth-order valence-corrected chi connectivity index (χ4v) is 0.690. The van der Waals surface area contributed by atoms with Crippen molar-refractivity contribution in [1.29, 1.82) is 0 Å². The maximum atomic E-state index is 3.84. The second-order valence-electron chi connectivity index (χ2n) is 2.12. The Morgan fingerprint density at radius 2 is 2.22 bits per heavy atom. The van der Waals surface area contributed by atoms with Gasteiger partial charge in [-0.1, -0.05) is 18.2 Å². The van der Waals surface area contributed by atoms with Crippen molar-refractivity contribution in [1.82, 2.24) is 5.32 Å². The Kier molecular flexibility index (Phi) is 4.06. The Morgan fingerprint density at radius 1 is 1.67 bits per heavy atom. The van der Waals surface area contributed by atoms with Gasteiger partial charge in [0.05, 0.1) is 0 Å². The monoisotopic (exact) mass is 125 g/mol. The van der Waals surface area contributed by atoms with Crippen LogP contribution in [0.15, 0.2) is 23.8 Å². The molecule has 0 fully saturated rings. The molecular weight excluding hydrogens is 110 g/mol. The van der Waals surface area contributed by atoms with Crippen LogP contribution >= 0.6 is 0 Å². The van der Waals surface area contributed by atoms with Crippen LogP contribution in [0.5, 0.6) is 0 Å². The van der Waals surface area contributed by atoms with Gasteiger partial charge >= 0.3 is 0 Å². The summed E-state index contributed by atoms with van der Waals surface area (Å²) in [6.45, 7) is 8.81. The minimum atomic E-state index is 0.922. The fraction of sp³-hybridized carbons (Fsp3) is 0.500. The van der Waals surface area contributed by atoms with Gasteiger partial charge in [0.2, 0.25) is 0 Å². The van der Waals surface area contributed by atoms with Gasteiger partial charge < -0.3 is 5.32 Å². The van der Waals surface area contributed by atoms with E-state index in [1.54, 1.807) is 0 Å². The van der Waals surface area contributed by atoms with Crippen molar-refractivity contribution in [3.63, 3.8) is 0 Å². The molecule has 0 atom stereocenters. The average molecular weight is 125 g/mol. The zero-order chi connectivity index (χ0) is 7.28. The fourth-order valence-electron chi connectivity index (χ4n) is 0.690. The lowest BCUT2D eigenvalue weighted by atomic mass is 10.1. The summed E-state index contributed by atoms with van der Waals surface area (Å²) in [5, 5.41) is 3.07. The number of allylic oxidation sites excluding steroid dienone is 1. The van der Waals surface area contributed by atoms with Crippen LogP contribution < -0.4 is 5.32 Å². The smallest absolute Gasteiger partial charge is 0.0201 e. The largest absolute Gasteiger partial charge is 0.316 e. The summed E-state index contributed by atoms with van der Waals surface area (Å²) in [6.07, 6.45) is 2.08. The van der Waals surface area contributed by atoms with Gasteiger partial charge in [0.25, 0.3) is 0 Å². The SMILES string of the molecule is C=C(C)C(=CC)CNC. The van der Waals surface area contributed by atoms with Gasteiger partial charge in [0, 0.05) is 6.54 Å². The molecule has 0 aliphatic heterocycles. The van der Waals surface area contributed by atoms with Gasteiger partial charge in [-0.05, 0) is 26.5 Å². The van der Waals surface area contributed by atoms with E-state index in [0.29, 0.717) is 0 Å². The molecule has 1 heteroatoms. The average Bonchev–Trinajstić information content (AvgIpc) is 1.82. The molecule has 9 heavy (non-hydrogen) atoms. The predicted molar refractivity (Wildman–Crippen MR) is 42.5 cm³/mol. The minimum Gasteiger partial charge on any atom is -0.316 e. The molecular formula is C8H15N. The van der Waals surface area contributed by atoms with Gasteiger partial charge in [-0.2, -0.15) is 0 Å². The lowest BCUT2D eigenvalue weighted by Gasteiger charge is -2.03. The molecule has 0 unspecified atom stereocenters. The van der Waals surface area contributed by atoms with Gasteiger partial charge in [-0.3, -0.25) is 0 Å².